The van der Waals surface area contributed by atoms with Crippen LogP contribution in [0.5, 0.6) is 0 Å². The molecule has 0 aromatic carbocycles. The van der Waals surface area contributed by atoms with E-state index < -0.39 is 6.10 Å². The standard InChI is InChI=1S/C13H15ClN2O2/c1-9(7-11(17)12-3-2-6-18-12)16-13-5-4-10(14)8-15-13/h2-6,8-9,11,17H,7H2,1H3,(H,15,16)/t9-,11-/m1/s1. The Morgan fingerprint density at radius 2 is 2.28 bits per heavy atom. The lowest BCUT2D eigenvalue weighted by atomic mass is 10.1. The minimum atomic E-state index is -0.616. The highest BCUT2D eigenvalue weighted by molar-refractivity contribution is 6.30. The number of aliphatic hydroxyl groups excluding tert-OH is 1. The van der Waals surface area contributed by atoms with Crippen molar-refractivity contribution in [1.82, 2.24) is 4.98 Å². The minimum absolute atomic E-state index is 0.0683. The van der Waals surface area contributed by atoms with E-state index in [4.69, 9.17) is 16.0 Å². The number of pyridine rings is 1. The Hall–Kier alpha value is -1.52. The number of hydrogen-bond acceptors (Lipinski definition) is 4. The van der Waals surface area contributed by atoms with E-state index in [1.54, 1.807) is 36.7 Å². The van der Waals surface area contributed by atoms with Crippen LogP contribution in [0, 0.1) is 0 Å². The maximum atomic E-state index is 9.93. The molecule has 96 valence electrons. The van der Waals surface area contributed by atoms with Gasteiger partial charge in [-0.25, -0.2) is 4.98 Å². The molecule has 0 fully saturated rings. The molecule has 0 radical (unpaired) electrons. The van der Waals surface area contributed by atoms with Crippen LogP contribution in [0.25, 0.3) is 0 Å². The predicted octanol–water partition coefficient (Wildman–Crippen LogP) is 3.25. The molecule has 0 unspecified atom stereocenters. The number of furan rings is 1. The van der Waals surface area contributed by atoms with Gasteiger partial charge in [-0.15, -0.1) is 0 Å². The third-order valence-electron chi connectivity index (χ3n) is 2.57. The molecule has 0 saturated carbocycles. The molecule has 4 nitrogen and oxygen atoms in total. The monoisotopic (exact) mass is 266 g/mol. The Labute approximate surface area is 111 Å². The SMILES string of the molecule is C[C@H](C[C@@H](O)c1ccco1)Nc1ccc(Cl)cn1. The van der Waals surface area contributed by atoms with Gasteiger partial charge in [0.05, 0.1) is 11.3 Å². The van der Waals surface area contributed by atoms with Crippen molar-refractivity contribution in [2.75, 3.05) is 5.32 Å². The molecule has 0 saturated heterocycles. The molecule has 2 atom stereocenters. The number of nitrogens with one attached hydrogen (secondary N) is 1. The molecule has 0 bridgehead atoms. The average molecular weight is 267 g/mol. The van der Waals surface area contributed by atoms with Crippen LogP contribution in [0.4, 0.5) is 5.82 Å². The molecule has 2 rings (SSSR count). The lowest BCUT2D eigenvalue weighted by molar-refractivity contribution is 0.136. The fraction of sp³-hybridized carbons (Fsp3) is 0.308. The van der Waals surface area contributed by atoms with Crippen LogP contribution >= 0.6 is 11.6 Å². The van der Waals surface area contributed by atoms with Crippen molar-refractivity contribution < 1.29 is 9.52 Å². The highest BCUT2D eigenvalue weighted by atomic mass is 35.5. The van der Waals surface area contributed by atoms with Crippen molar-refractivity contribution in [2.45, 2.75) is 25.5 Å². The van der Waals surface area contributed by atoms with E-state index in [2.05, 4.69) is 10.3 Å². The van der Waals surface area contributed by atoms with Crippen LogP contribution < -0.4 is 5.32 Å². The fourth-order valence-electron chi connectivity index (χ4n) is 1.70. The Balaban J connectivity index is 1.88. The Morgan fingerprint density at radius 3 is 2.89 bits per heavy atom. The van der Waals surface area contributed by atoms with E-state index in [-0.39, 0.29) is 6.04 Å². The van der Waals surface area contributed by atoms with Gasteiger partial charge in [-0.1, -0.05) is 11.6 Å². The number of anilines is 1. The number of aromatic nitrogens is 1. The van der Waals surface area contributed by atoms with Crippen LogP contribution in [-0.2, 0) is 0 Å². The maximum Gasteiger partial charge on any atom is 0.132 e. The Morgan fingerprint density at radius 1 is 1.44 bits per heavy atom. The average Bonchev–Trinajstić information content (AvgIpc) is 2.85. The summed E-state index contributed by atoms with van der Waals surface area (Å²) < 4.78 is 5.15. The molecule has 2 aromatic rings. The third-order valence-corrected chi connectivity index (χ3v) is 2.79. The zero-order valence-electron chi connectivity index (χ0n) is 10.0. The van der Waals surface area contributed by atoms with Gasteiger partial charge in [-0.2, -0.15) is 0 Å². The minimum Gasteiger partial charge on any atom is -0.467 e. The van der Waals surface area contributed by atoms with Crippen LogP contribution in [0.2, 0.25) is 5.02 Å². The molecular weight excluding hydrogens is 252 g/mol. The van der Waals surface area contributed by atoms with Gasteiger partial charge in [0.2, 0.25) is 0 Å². The van der Waals surface area contributed by atoms with E-state index in [0.717, 1.165) is 5.82 Å². The molecule has 2 N–H and O–H groups in total. The zero-order valence-corrected chi connectivity index (χ0v) is 10.8. The Kier molecular flexibility index (Phi) is 4.23. The Bertz CT molecular complexity index is 470. The summed E-state index contributed by atoms with van der Waals surface area (Å²) in [7, 11) is 0. The number of halogens is 1. The smallest absolute Gasteiger partial charge is 0.132 e. The first-order chi connectivity index (χ1) is 8.65. The van der Waals surface area contributed by atoms with Crippen LogP contribution in [0.1, 0.15) is 25.2 Å². The van der Waals surface area contributed by atoms with Gasteiger partial charge in [0.25, 0.3) is 0 Å². The first-order valence-electron chi connectivity index (χ1n) is 5.74. The summed E-state index contributed by atoms with van der Waals surface area (Å²) in [5.41, 5.74) is 0. The van der Waals surface area contributed by atoms with Crippen LogP contribution in [-0.4, -0.2) is 16.1 Å². The van der Waals surface area contributed by atoms with Gasteiger partial charge in [0, 0.05) is 18.7 Å². The van der Waals surface area contributed by atoms with Crippen molar-refractivity contribution in [3.05, 3.63) is 47.5 Å². The topological polar surface area (TPSA) is 58.3 Å². The molecule has 18 heavy (non-hydrogen) atoms. The summed E-state index contributed by atoms with van der Waals surface area (Å²) in [5, 5.41) is 13.7. The largest absolute Gasteiger partial charge is 0.467 e. The quantitative estimate of drug-likeness (QED) is 0.872. The van der Waals surface area contributed by atoms with Gasteiger partial charge in [-0.05, 0) is 31.2 Å². The van der Waals surface area contributed by atoms with Gasteiger partial charge in [-0.3, -0.25) is 0 Å². The zero-order chi connectivity index (χ0) is 13.0. The second-order valence-corrected chi connectivity index (χ2v) is 4.61. The number of aliphatic hydroxyl groups is 1. The predicted molar refractivity (Wildman–Crippen MR) is 70.6 cm³/mol. The summed E-state index contributed by atoms with van der Waals surface area (Å²) >= 11 is 5.76. The van der Waals surface area contributed by atoms with Crippen molar-refractivity contribution in [1.29, 1.82) is 0 Å². The summed E-state index contributed by atoms with van der Waals surface area (Å²) in [4.78, 5) is 4.14. The second-order valence-electron chi connectivity index (χ2n) is 4.17. The van der Waals surface area contributed by atoms with Crippen molar-refractivity contribution in [3.63, 3.8) is 0 Å². The van der Waals surface area contributed by atoms with Gasteiger partial charge in [0.1, 0.15) is 17.7 Å². The molecule has 0 spiro atoms. The lowest BCUT2D eigenvalue weighted by Gasteiger charge is -2.17. The summed E-state index contributed by atoms with van der Waals surface area (Å²) in [6, 6.07) is 7.17. The molecule has 0 aliphatic rings. The molecule has 0 aliphatic heterocycles. The number of nitrogens with zero attached hydrogens (tertiary/aromatic N) is 1. The summed E-state index contributed by atoms with van der Waals surface area (Å²) in [5.74, 6) is 1.31. The summed E-state index contributed by atoms with van der Waals surface area (Å²) in [6.07, 6.45) is 3.06. The molecule has 5 heteroatoms. The second kappa shape index (κ2) is 5.89. The third kappa shape index (κ3) is 3.48. The maximum absolute atomic E-state index is 9.93. The normalized spacial score (nSPS) is 14.2. The molecule has 0 amide bonds. The fourth-order valence-corrected chi connectivity index (χ4v) is 1.82. The van der Waals surface area contributed by atoms with Gasteiger partial charge in [0.15, 0.2) is 0 Å². The highest BCUT2D eigenvalue weighted by Crippen LogP contribution is 2.20. The van der Waals surface area contributed by atoms with E-state index in [1.165, 1.54) is 0 Å². The van der Waals surface area contributed by atoms with E-state index in [1.807, 2.05) is 6.92 Å². The van der Waals surface area contributed by atoms with Crippen molar-refractivity contribution >= 4 is 17.4 Å². The van der Waals surface area contributed by atoms with Gasteiger partial charge < -0.3 is 14.8 Å². The summed E-state index contributed by atoms with van der Waals surface area (Å²) in [6.45, 7) is 1.97. The molecule has 0 aliphatic carbocycles. The van der Waals surface area contributed by atoms with E-state index >= 15 is 0 Å². The molecular formula is C13H15ClN2O2. The van der Waals surface area contributed by atoms with Crippen molar-refractivity contribution in [2.24, 2.45) is 0 Å². The highest BCUT2D eigenvalue weighted by Gasteiger charge is 2.14. The number of rotatable bonds is 5. The lowest BCUT2D eigenvalue weighted by Crippen LogP contribution is -2.19. The first-order valence-corrected chi connectivity index (χ1v) is 6.12. The van der Waals surface area contributed by atoms with Crippen LogP contribution in [0.15, 0.2) is 41.1 Å². The van der Waals surface area contributed by atoms with Crippen molar-refractivity contribution in [3.8, 4) is 0 Å². The van der Waals surface area contributed by atoms with E-state index in [0.29, 0.717) is 17.2 Å². The number of hydrogen-bond donors (Lipinski definition) is 2. The van der Waals surface area contributed by atoms with E-state index in [9.17, 15) is 5.11 Å². The van der Waals surface area contributed by atoms with Crippen LogP contribution in [0.3, 0.4) is 0 Å². The van der Waals surface area contributed by atoms with Gasteiger partial charge >= 0.3 is 0 Å². The first kappa shape index (κ1) is 12.9. The molecule has 2 aromatic heterocycles. The molecule has 2 heterocycles.